The van der Waals surface area contributed by atoms with Crippen molar-refractivity contribution >= 4 is 51.9 Å². The second-order valence-corrected chi connectivity index (χ2v) is 9.67. The van der Waals surface area contributed by atoms with Crippen LogP contribution in [-0.4, -0.2) is 61.1 Å². The van der Waals surface area contributed by atoms with E-state index in [0.717, 1.165) is 22.4 Å². The minimum Gasteiger partial charge on any atom is -0.493 e. The molecule has 0 unspecified atom stereocenters. The highest BCUT2D eigenvalue weighted by molar-refractivity contribution is 8.27. The van der Waals surface area contributed by atoms with Crippen LogP contribution in [0.25, 0.3) is 6.08 Å². The minimum absolute atomic E-state index is 0.0791. The highest BCUT2D eigenvalue weighted by atomic mass is 32.2. The average molecular weight is 499 g/mol. The topological polar surface area (TPSA) is 68.3 Å². The van der Waals surface area contributed by atoms with Crippen molar-refractivity contribution in [3.63, 3.8) is 0 Å². The van der Waals surface area contributed by atoms with E-state index >= 15 is 0 Å². The summed E-state index contributed by atoms with van der Waals surface area (Å²) in [5, 5.41) is 0. The number of rotatable bonds is 6. The van der Waals surface area contributed by atoms with Gasteiger partial charge in [-0.25, -0.2) is 0 Å². The van der Waals surface area contributed by atoms with E-state index in [0.29, 0.717) is 47.0 Å². The van der Waals surface area contributed by atoms with E-state index in [1.165, 1.54) is 18.9 Å². The van der Waals surface area contributed by atoms with E-state index in [1.807, 2.05) is 38.1 Å². The number of thioether (sulfide) groups is 1. The number of carbonyl (C=O) groups excluding carboxylic acids is 2. The van der Waals surface area contributed by atoms with Crippen LogP contribution in [0.2, 0.25) is 0 Å². The lowest BCUT2D eigenvalue weighted by Gasteiger charge is -2.26. The van der Waals surface area contributed by atoms with Crippen LogP contribution in [0.4, 0.5) is 5.69 Å². The Morgan fingerprint density at radius 1 is 1.15 bits per heavy atom. The molecule has 0 bridgehead atoms. The van der Waals surface area contributed by atoms with Gasteiger partial charge < -0.3 is 19.1 Å². The number of carbonyl (C=O) groups is 2. The van der Waals surface area contributed by atoms with Crippen LogP contribution >= 0.6 is 24.0 Å². The number of hydrogen-bond acceptors (Lipinski definition) is 7. The molecule has 0 N–H and O–H groups in total. The summed E-state index contributed by atoms with van der Waals surface area (Å²) < 4.78 is 17.0. The van der Waals surface area contributed by atoms with Crippen molar-refractivity contribution in [2.24, 2.45) is 0 Å². The van der Waals surface area contributed by atoms with Gasteiger partial charge in [-0.2, -0.15) is 0 Å². The number of anilines is 1. The van der Waals surface area contributed by atoms with Crippen molar-refractivity contribution in [3.05, 3.63) is 58.0 Å². The quantitative estimate of drug-likeness (QED) is 0.441. The average Bonchev–Trinajstić information content (AvgIpc) is 3.11. The SMILES string of the molecule is COc1cc(/C=C2/SC(=S)N(c3ccc(C)cc3C)C2=O)ccc1OCC(=O)N1CCOCC1. The lowest BCUT2D eigenvalue weighted by molar-refractivity contribution is -0.137. The predicted octanol–water partition coefficient (Wildman–Crippen LogP) is 3.96. The number of hydrogen-bond donors (Lipinski definition) is 0. The summed E-state index contributed by atoms with van der Waals surface area (Å²) in [6.07, 6.45) is 1.79. The van der Waals surface area contributed by atoms with Crippen LogP contribution < -0.4 is 14.4 Å². The van der Waals surface area contributed by atoms with Crippen molar-refractivity contribution in [2.45, 2.75) is 13.8 Å². The van der Waals surface area contributed by atoms with Gasteiger partial charge in [0, 0.05) is 13.1 Å². The van der Waals surface area contributed by atoms with Crippen LogP contribution in [0.3, 0.4) is 0 Å². The molecule has 2 fully saturated rings. The summed E-state index contributed by atoms with van der Waals surface area (Å²) in [6.45, 7) is 6.12. The highest BCUT2D eigenvalue weighted by Gasteiger charge is 2.34. The zero-order valence-electron chi connectivity index (χ0n) is 19.3. The molecule has 2 saturated heterocycles. The maximum absolute atomic E-state index is 13.1. The van der Waals surface area contributed by atoms with Crippen molar-refractivity contribution in [1.29, 1.82) is 0 Å². The number of amides is 2. The van der Waals surface area contributed by atoms with Crippen molar-refractivity contribution in [3.8, 4) is 11.5 Å². The minimum atomic E-state index is -0.155. The molecule has 0 aliphatic carbocycles. The molecular formula is C25H26N2O5S2. The molecule has 34 heavy (non-hydrogen) atoms. The standard InChI is InChI=1S/C25H26N2O5S2/c1-16-4-6-19(17(2)12-16)27-24(29)22(34-25(27)33)14-18-5-7-20(21(13-18)30-3)32-15-23(28)26-8-10-31-11-9-26/h4-7,12-14H,8-11,15H2,1-3H3/b22-14+. The zero-order chi connectivity index (χ0) is 24.2. The van der Waals surface area contributed by atoms with Crippen molar-refractivity contribution < 1.29 is 23.8 Å². The fourth-order valence-corrected chi connectivity index (χ4v) is 5.10. The molecule has 0 atom stereocenters. The lowest BCUT2D eigenvalue weighted by Crippen LogP contribution is -2.43. The summed E-state index contributed by atoms with van der Waals surface area (Å²) in [5.74, 6) is 0.694. The molecule has 0 saturated carbocycles. The smallest absolute Gasteiger partial charge is 0.270 e. The molecule has 9 heteroatoms. The van der Waals surface area contributed by atoms with Gasteiger partial charge in [0.1, 0.15) is 0 Å². The van der Waals surface area contributed by atoms with Gasteiger partial charge >= 0.3 is 0 Å². The molecule has 2 aliphatic heterocycles. The predicted molar refractivity (Wildman–Crippen MR) is 137 cm³/mol. The second-order valence-electron chi connectivity index (χ2n) is 8.00. The molecule has 0 radical (unpaired) electrons. The summed E-state index contributed by atoms with van der Waals surface area (Å²) >= 11 is 6.77. The molecule has 2 aromatic rings. The van der Waals surface area contributed by atoms with Gasteiger partial charge in [-0.05, 0) is 49.2 Å². The monoisotopic (exact) mass is 498 g/mol. The van der Waals surface area contributed by atoms with Crippen molar-refractivity contribution in [2.75, 3.05) is 44.9 Å². The third kappa shape index (κ3) is 5.27. The first-order valence-electron chi connectivity index (χ1n) is 10.9. The van der Waals surface area contributed by atoms with E-state index in [9.17, 15) is 9.59 Å². The molecule has 4 rings (SSSR count). The summed E-state index contributed by atoms with van der Waals surface area (Å²) in [4.78, 5) is 29.3. The van der Waals surface area contributed by atoms with Gasteiger partial charge in [-0.15, -0.1) is 0 Å². The Morgan fingerprint density at radius 2 is 1.91 bits per heavy atom. The molecule has 0 spiro atoms. The van der Waals surface area contributed by atoms with Crippen molar-refractivity contribution in [1.82, 2.24) is 4.90 Å². The Hall–Kier alpha value is -2.88. The van der Waals surface area contributed by atoms with Crippen LogP contribution in [-0.2, 0) is 14.3 Å². The first-order chi connectivity index (χ1) is 16.4. The van der Waals surface area contributed by atoms with Gasteiger partial charge in [0.2, 0.25) is 0 Å². The molecule has 2 heterocycles. The van der Waals surface area contributed by atoms with Crippen LogP contribution in [0.15, 0.2) is 41.3 Å². The lowest BCUT2D eigenvalue weighted by atomic mass is 10.1. The third-order valence-corrected chi connectivity index (χ3v) is 6.89. The zero-order valence-corrected chi connectivity index (χ0v) is 21.0. The second kappa shape index (κ2) is 10.6. The fourth-order valence-electron chi connectivity index (χ4n) is 3.82. The maximum Gasteiger partial charge on any atom is 0.270 e. The highest BCUT2D eigenvalue weighted by Crippen LogP contribution is 2.38. The largest absolute Gasteiger partial charge is 0.493 e. The summed E-state index contributed by atoms with van der Waals surface area (Å²) in [7, 11) is 1.54. The normalized spacial score (nSPS) is 17.4. The van der Waals surface area contributed by atoms with Crippen LogP contribution in [0.5, 0.6) is 11.5 Å². The van der Waals surface area contributed by atoms with Gasteiger partial charge in [0.25, 0.3) is 11.8 Å². The van der Waals surface area contributed by atoms with Gasteiger partial charge in [0.05, 0.1) is 30.9 Å². The van der Waals surface area contributed by atoms with Crippen LogP contribution in [0, 0.1) is 13.8 Å². The van der Waals surface area contributed by atoms with E-state index in [-0.39, 0.29) is 18.4 Å². The first kappa shape index (κ1) is 24.3. The number of benzene rings is 2. The molecule has 7 nitrogen and oxygen atoms in total. The number of ether oxygens (including phenoxy) is 3. The number of nitrogens with zero attached hydrogens (tertiary/aromatic N) is 2. The molecule has 2 aromatic carbocycles. The molecule has 2 aliphatic rings. The summed E-state index contributed by atoms with van der Waals surface area (Å²) in [6, 6.07) is 11.3. The molecule has 2 amide bonds. The molecular weight excluding hydrogens is 472 g/mol. The Balaban J connectivity index is 1.49. The number of morpholine rings is 1. The number of aryl methyl sites for hydroxylation is 2. The first-order valence-corrected chi connectivity index (χ1v) is 12.1. The fraction of sp³-hybridized carbons (Fsp3) is 0.320. The maximum atomic E-state index is 13.1. The van der Waals surface area contributed by atoms with Crippen LogP contribution in [0.1, 0.15) is 16.7 Å². The Kier molecular flexibility index (Phi) is 7.55. The van der Waals surface area contributed by atoms with E-state index in [2.05, 4.69) is 0 Å². The van der Waals surface area contributed by atoms with Gasteiger partial charge in [0.15, 0.2) is 22.4 Å². The number of methoxy groups -OCH3 is 1. The molecule has 178 valence electrons. The Labute approximate surface area is 208 Å². The Morgan fingerprint density at radius 3 is 2.62 bits per heavy atom. The van der Waals surface area contributed by atoms with Gasteiger partial charge in [-0.1, -0.05) is 47.7 Å². The van der Waals surface area contributed by atoms with Gasteiger partial charge in [-0.3, -0.25) is 14.5 Å². The van der Waals surface area contributed by atoms with E-state index < -0.39 is 0 Å². The number of thiocarbonyl (C=S) groups is 1. The Bertz CT molecular complexity index is 1160. The third-order valence-electron chi connectivity index (χ3n) is 5.59. The summed E-state index contributed by atoms with van der Waals surface area (Å²) in [5.41, 5.74) is 3.68. The van der Waals surface area contributed by atoms with E-state index in [4.69, 9.17) is 26.4 Å². The van der Waals surface area contributed by atoms with E-state index in [1.54, 1.807) is 28.0 Å². The molecule has 0 aromatic heterocycles.